The van der Waals surface area contributed by atoms with E-state index in [4.69, 9.17) is 16.3 Å². The fraction of sp³-hybridized carbons (Fsp3) is 0.125. The van der Waals surface area contributed by atoms with Crippen LogP contribution in [0.2, 0.25) is 5.02 Å². The monoisotopic (exact) mass is 284 g/mol. The van der Waals surface area contributed by atoms with Crippen molar-refractivity contribution in [2.75, 3.05) is 0 Å². The van der Waals surface area contributed by atoms with Gasteiger partial charge in [-0.05, 0) is 31.2 Å². The summed E-state index contributed by atoms with van der Waals surface area (Å²) in [5.41, 5.74) is 2.63. The van der Waals surface area contributed by atoms with E-state index in [1.165, 1.54) is 0 Å². The third-order valence-corrected chi connectivity index (χ3v) is 3.21. The first-order chi connectivity index (χ1) is 9.72. The van der Waals surface area contributed by atoms with Crippen LogP contribution in [-0.4, -0.2) is 9.97 Å². The summed E-state index contributed by atoms with van der Waals surface area (Å²) in [4.78, 5) is 8.76. The number of nitrogens with zero attached hydrogens (tertiary/aromatic N) is 2. The van der Waals surface area contributed by atoms with Crippen LogP contribution in [0.4, 0.5) is 0 Å². The molecule has 2 aromatic heterocycles. The van der Waals surface area contributed by atoms with E-state index in [-0.39, 0.29) is 0 Å². The molecule has 0 fully saturated rings. The maximum Gasteiger partial charge on any atom is 0.146 e. The highest BCUT2D eigenvalue weighted by Crippen LogP contribution is 2.24. The van der Waals surface area contributed by atoms with Crippen molar-refractivity contribution in [3.63, 3.8) is 0 Å². The highest BCUT2D eigenvalue weighted by Gasteiger charge is 2.05. The molecule has 4 heteroatoms. The average molecular weight is 285 g/mol. The topological polar surface area (TPSA) is 35.0 Å². The number of fused-ring (bicyclic) bond motifs is 1. The number of para-hydroxylation sites is 1. The molecule has 0 spiro atoms. The Bertz CT molecular complexity index is 758. The fourth-order valence-corrected chi connectivity index (χ4v) is 2.20. The summed E-state index contributed by atoms with van der Waals surface area (Å²) in [6, 6.07) is 13.5. The molecule has 0 atom stereocenters. The molecule has 20 heavy (non-hydrogen) atoms. The SMILES string of the molecule is Cc1ccc2cccc(OCc3cc(Cl)ccn3)c2n1. The lowest BCUT2D eigenvalue weighted by atomic mass is 10.2. The van der Waals surface area contributed by atoms with Crippen molar-refractivity contribution in [1.82, 2.24) is 9.97 Å². The summed E-state index contributed by atoms with van der Waals surface area (Å²) in [5, 5.41) is 1.72. The first kappa shape index (κ1) is 12.9. The second-order valence-corrected chi connectivity index (χ2v) is 4.97. The molecule has 0 N–H and O–H groups in total. The van der Waals surface area contributed by atoms with Gasteiger partial charge in [-0.25, -0.2) is 4.98 Å². The average Bonchev–Trinajstić information content (AvgIpc) is 2.45. The Labute approximate surface area is 122 Å². The van der Waals surface area contributed by atoms with Crippen LogP contribution in [0.25, 0.3) is 10.9 Å². The van der Waals surface area contributed by atoms with Gasteiger partial charge in [0.15, 0.2) is 0 Å². The number of hydrogen-bond donors (Lipinski definition) is 0. The summed E-state index contributed by atoms with van der Waals surface area (Å²) in [7, 11) is 0. The van der Waals surface area contributed by atoms with Gasteiger partial charge in [-0.3, -0.25) is 4.98 Å². The van der Waals surface area contributed by atoms with E-state index >= 15 is 0 Å². The number of hydrogen-bond acceptors (Lipinski definition) is 3. The minimum atomic E-state index is 0.370. The van der Waals surface area contributed by atoms with Crippen LogP contribution in [0.3, 0.4) is 0 Å². The first-order valence-corrected chi connectivity index (χ1v) is 6.70. The van der Waals surface area contributed by atoms with Gasteiger partial charge >= 0.3 is 0 Å². The molecule has 0 saturated carbocycles. The number of aromatic nitrogens is 2. The molecule has 1 aromatic carbocycles. The maximum absolute atomic E-state index is 5.93. The van der Waals surface area contributed by atoms with Crippen LogP contribution in [0.15, 0.2) is 48.7 Å². The molecule has 0 aliphatic heterocycles. The van der Waals surface area contributed by atoms with Crippen molar-refractivity contribution >= 4 is 22.5 Å². The molecule has 0 aliphatic carbocycles. The van der Waals surface area contributed by atoms with E-state index in [0.29, 0.717) is 11.6 Å². The Morgan fingerprint density at radius 1 is 1.15 bits per heavy atom. The standard InChI is InChI=1S/C16H13ClN2O/c1-11-5-6-12-3-2-4-15(16(12)19-11)20-10-14-9-13(17)7-8-18-14/h2-9H,10H2,1H3. The van der Waals surface area contributed by atoms with E-state index in [1.54, 1.807) is 18.3 Å². The largest absolute Gasteiger partial charge is 0.485 e. The van der Waals surface area contributed by atoms with Gasteiger partial charge in [0.1, 0.15) is 17.9 Å². The zero-order valence-electron chi connectivity index (χ0n) is 11.0. The Morgan fingerprint density at radius 2 is 2.05 bits per heavy atom. The van der Waals surface area contributed by atoms with E-state index in [2.05, 4.69) is 9.97 Å². The summed E-state index contributed by atoms with van der Waals surface area (Å²) >= 11 is 5.93. The zero-order valence-corrected chi connectivity index (χ0v) is 11.8. The van der Waals surface area contributed by atoms with Crippen LogP contribution in [0, 0.1) is 6.92 Å². The molecular formula is C16H13ClN2O. The van der Waals surface area contributed by atoms with Gasteiger partial charge in [0.25, 0.3) is 0 Å². The Kier molecular flexibility index (Phi) is 3.52. The number of rotatable bonds is 3. The van der Waals surface area contributed by atoms with E-state index in [1.807, 2.05) is 37.3 Å². The lowest BCUT2D eigenvalue weighted by Crippen LogP contribution is -1.99. The first-order valence-electron chi connectivity index (χ1n) is 6.32. The summed E-state index contributed by atoms with van der Waals surface area (Å²) in [6.07, 6.45) is 1.67. The van der Waals surface area contributed by atoms with Gasteiger partial charge in [-0.15, -0.1) is 0 Å². The van der Waals surface area contributed by atoms with Gasteiger partial charge in [0.05, 0.1) is 5.69 Å². The smallest absolute Gasteiger partial charge is 0.146 e. The quantitative estimate of drug-likeness (QED) is 0.724. The highest BCUT2D eigenvalue weighted by atomic mass is 35.5. The van der Waals surface area contributed by atoms with Crippen LogP contribution in [-0.2, 0) is 6.61 Å². The molecule has 0 radical (unpaired) electrons. The number of ether oxygens (including phenoxy) is 1. The van der Waals surface area contributed by atoms with Gasteiger partial charge in [0, 0.05) is 22.3 Å². The van der Waals surface area contributed by atoms with Gasteiger partial charge in [0.2, 0.25) is 0 Å². The summed E-state index contributed by atoms with van der Waals surface area (Å²) in [5.74, 6) is 0.757. The lowest BCUT2D eigenvalue weighted by Gasteiger charge is -2.09. The molecule has 0 aliphatic rings. The number of pyridine rings is 2. The minimum absolute atomic E-state index is 0.370. The lowest BCUT2D eigenvalue weighted by molar-refractivity contribution is 0.304. The van der Waals surface area contributed by atoms with Crippen LogP contribution >= 0.6 is 11.6 Å². The minimum Gasteiger partial charge on any atom is -0.485 e. The van der Waals surface area contributed by atoms with E-state index in [9.17, 15) is 0 Å². The van der Waals surface area contributed by atoms with Gasteiger partial charge < -0.3 is 4.74 Å². The molecule has 0 unspecified atom stereocenters. The van der Waals surface area contributed by atoms with Crippen LogP contribution in [0.1, 0.15) is 11.4 Å². The Balaban J connectivity index is 1.89. The maximum atomic E-state index is 5.93. The summed E-state index contributed by atoms with van der Waals surface area (Å²) in [6.45, 7) is 2.34. The molecule has 0 bridgehead atoms. The predicted molar refractivity (Wildman–Crippen MR) is 80.1 cm³/mol. The normalized spacial score (nSPS) is 10.7. The molecule has 3 rings (SSSR count). The van der Waals surface area contributed by atoms with Crippen molar-refractivity contribution in [2.24, 2.45) is 0 Å². The summed E-state index contributed by atoms with van der Waals surface area (Å²) < 4.78 is 5.83. The fourth-order valence-electron chi connectivity index (χ4n) is 2.01. The van der Waals surface area contributed by atoms with Crippen molar-refractivity contribution in [2.45, 2.75) is 13.5 Å². The molecule has 0 amide bonds. The van der Waals surface area contributed by atoms with Crippen molar-refractivity contribution in [1.29, 1.82) is 0 Å². The molecular weight excluding hydrogens is 272 g/mol. The highest BCUT2D eigenvalue weighted by molar-refractivity contribution is 6.30. The van der Waals surface area contributed by atoms with E-state index < -0.39 is 0 Å². The molecule has 100 valence electrons. The van der Waals surface area contributed by atoms with Crippen LogP contribution in [0.5, 0.6) is 5.75 Å². The number of aryl methyl sites for hydroxylation is 1. The third-order valence-electron chi connectivity index (χ3n) is 2.98. The Hall–Kier alpha value is -2.13. The molecule has 3 aromatic rings. The van der Waals surface area contributed by atoms with Gasteiger partial charge in [-0.1, -0.05) is 29.8 Å². The molecule has 0 saturated heterocycles. The van der Waals surface area contributed by atoms with Gasteiger partial charge in [-0.2, -0.15) is 0 Å². The van der Waals surface area contributed by atoms with Crippen LogP contribution < -0.4 is 4.74 Å². The molecule has 3 nitrogen and oxygen atoms in total. The van der Waals surface area contributed by atoms with Crippen molar-refractivity contribution in [3.05, 3.63) is 65.1 Å². The van der Waals surface area contributed by atoms with Crippen molar-refractivity contribution < 1.29 is 4.74 Å². The predicted octanol–water partition coefficient (Wildman–Crippen LogP) is 4.17. The third kappa shape index (κ3) is 2.73. The zero-order chi connectivity index (χ0) is 13.9. The van der Waals surface area contributed by atoms with E-state index in [0.717, 1.165) is 28.0 Å². The Morgan fingerprint density at radius 3 is 2.90 bits per heavy atom. The molecule has 2 heterocycles. The number of benzene rings is 1. The van der Waals surface area contributed by atoms with Crippen molar-refractivity contribution in [3.8, 4) is 5.75 Å². The number of halogens is 1. The second-order valence-electron chi connectivity index (χ2n) is 4.53. The second kappa shape index (κ2) is 5.47.